The summed E-state index contributed by atoms with van der Waals surface area (Å²) in [6, 6.07) is 0.511. The van der Waals surface area contributed by atoms with E-state index in [-0.39, 0.29) is 29.2 Å². The first-order valence-electron chi connectivity index (χ1n) is 12.0. The number of piperidine rings is 1. The number of amides is 1. The molecule has 2 aromatic rings. The maximum absolute atomic E-state index is 14.1. The lowest BCUT2D eigenvalue weighted by atomic mass is 9.87. The summed E-state index contributed by atoms with van der Waals surface area (Å²) >= 11 is 0. The molecule has 2 aliphatic rings. The van der Waals surface area contributed by atoms with Crippen molar-refractivity contribution in [2.24, 2.45) is 0 Å². The zero-order valence-electron chi connectivity index (χ0n) is 20.3. The largest absolute Gasteiger partial charge is 0.465 e. The van der Waals surface area contributed by atoms with Crippen molar-refractivity contribution in [1.82, 2.24) is 23.9 Å². The quantitative estimate of drug-likeness (QED) is 0.732. The molecule has 1 aliphatic heterocycles. The van der Waals surface area contributed by atoms with E-state index in [4.69, 9.17) is 0 Å². The summed E-state index contributed by atoms with van der Waals surface area (Å²) < 4.78 is 16.9. The van der Waals surface area contributed by atoms with Gasteiger partial charge in [-0.05, 0) is 85.5 Å². The number of hydrogen-bond donors (Lipinski definition) is 1. The number of hydrogen-bond acceptors (Lipinski definition) is 5. The number of carbonyl (C=O) groups is 1. The van der Waals surface area contributed by atoms with E-state index in [2.05, 4.69) is 9.88 Å². The Bertz CT molecular complexity index is 1180. The summed E-state index contributed by atoms with van der Waals surface area (Å²) in [5.41, 5.74) is -1.24. The summed E-state index contributed by atoms with van der Waals surface area (Å²) in [5, 5.41) is 9.86. The molecule has 9 nitrogen and oxygen atoms in total. The molecule has 10 heteroatoms. The SMILES string of the molecule is CN1CCC(n2c(=O)n([C@H]3CC[C@@H](N(C(=O)O)C(C)(C)C)CC3)c(=O)c3cc(F)cnc32)CC1. The third-order valence-corrected chi connectivity index (χ3v) is 7.30. The van der Waals surface area contributed by atoms with Crippen molar-refractivity contribution in [2.75, 3.05) is 20.1 Å². The molecule has 0 unspecified atom stereocenters. The molecule has 3 heterocycles. The third-order valence-electron chi connectivity index (χ3n) is 7.30. The van der Waals surface area contributed by atoms with E-state index >= 15 is 0 Å². The van der Waals surface area contributed by atoms with E-state index in [9.17, 15) is 23.9 Å². The van der Waals surface area contributed by atoms with E-state index < -0.39 is 28.7 Å². The minimum Gasteiger partial charge on any atom is -0.465 e. The van der Waals surface area contributed by atoms with Crippen molar-refractivity contribution in [3.63, 3.8) is 0 Å². The normalized spacial score (nSPS) is 22.7. The van der Waals surface area contributed by atoms with Crippen molar-refractivity contribution in [3.8, 4) is 0 Å². The van der Waals surface area contributed by atoms with Crippen molar-refractivity contribution < 1.29 is 14.3 Å². The van der Waals surface area contributed by atoms with E-state index in [1.807, 2.05) is 27.8 Å². The molecule has 1 N–H and O–H groups in total. The van der Waals surface area contributed by atoms with Crippen LogP contribution >= 0.6 is 0 Å². The molecular formula is C24H34FN5O4. The first-order chi connectivity index (χ1) is 16.0. The van der Waals surface area contributed by atoms with E-state index in [1.165, 1.54) is 15.5 Å². The highest BCUT2D eigenvalue weighted by atomic mass is 19.1. The molecule has 0 aromatic carbocycles. The third kappa shape index (κ3) is 4.47. The molecule has 2 fully saturated rings. The monoisotopic (exact) mass is 475 g/mol. The highest BCUT2D eigenvalue weighted by Crippen LogP contribution is 2.33. The number of rotatable bonds is 3. The second kappa shape index (κ2) is 9.13. The molecular weight excluding hydrogens is 441 g/mol. The second-order valence-corrected chi connectivity index (χ2v) is 10.7. The van der Waals surface area contributed by atoms with Gasteiger partial charge in [-0.15, -0.1) is 0 Å². The summed E-state index contributed by atoms with van der Waals surface area (Å²) in [6.45, 7) is 7.23. The van der Waals surface area contributed by atoms with Crippen molar-refractivity contribution in [3.05, 3.63) is 38.9 Å². The fourth-order valence-corrected chi connectivity index (χ4v) is 5.67. The van der Waals surface area contributed by atoms with Crippen molar-refractivity contribution >= 4 is 17.1 Å². The van der Waals surface area contributed by atoms with Gasteiger partial charge in [0, 0.05) is 23.7 Å². The summed E-state index contributed by atoms with van der Waals surface area (Å²) in [6.07, 6.45) is 3.67. The average Bonchev–Trinajstić information content (AvgIpc) is 2.75. The highest BCUT2D eigenvalue weighted by Gasteiger charge is 2.37. The van der Waals surface area contributed by atoms with Crippen LogP contribution in [-0.4, -0.2) is 66.8 Å². The first-order valence-corrected chi connectivity index (χ1v) is 12.0. The summed E-state index contributed by atoms with van der Waals surface area (Å²) in [4.78, 5) is 46.8. The molecule has 0 radical (unpaired) electrons. The number of fused-ring (bicyclic) bond motifs is 1. The average molecular weight is 476 g/mol. The van der Waals surface area contributed by atoms with Gasteiger partial charge in [0.1, 0.15) is 11.5 Å². The minimum atomic E-state index is -0.968. The second-order valence-electron chi connectivity index (χ2n) is 10.7. The van der Waals surface area contributed by atoms with Gasteiger partial charge in [-0.1, -0.05) is 0 Å². The Morgan fingerprint density at radius 2 is 1.65 bits per heavy atom. The maximum atomic E-state index is 14.1. The lowest BCUT2D eigenvalue weighted by Crippen LogP contribution is -2.53. The van der Waals surface area contributed by atoms with Gasteiger partial charge < -0.3 is 14.9 Å². The fourth-order valence-electron chi connectivity index (χ4n) is 5.67. The van der Waals surface area contributed by atoms with E-state index in [1.54, 1.807) is 4.57 Å². The topological polar surface area (TPSA) is 101 Å². The van der Waals surface area contributed by atoms with Crippen molar-refractivity contribution in [1.29, 1.82) is 0 Å². The van der Waals surface area contributed by atoms with Crippen LogP contribution in [0.1, 0.15) is 71.4 Å². The highest BCUT2D eigenvalue weighted by molar-refractivity contribution is 5.73. The molecule has 1 saturated heterocycles. The zero-order chi connectivity index (χ0) is 24.8. The smallest absolute Gasteiger partial charge is 0.407 e. The summed E-state index contributed by atoms with van der Waals surface area (Å²) in [5.74, 6) is -0.615. The Kier molecular flexibility index (Phi) is 6.54. The lowest BCUT2D eigenvalue weighted by molar-refractivity contribution is 0.0505. The van der Waals surface area contributed by atoms with Gasteiger partial charge in [0.25, 0.3) is 5.56 Å². The fraction of sp³-hybridized carbons (Fsp3) is 0.667. The van der Waals surface area contributed by atoms with Crippen LogP contribution in [0.15, 0.2) is 21.9 Å². The number of nitrogens with zero attached hydrogens (tertiary/aromatic N) is 5. The molecule has 0 atom stereocenters. The van der Waals surface area contributed by atoms with Crippen LogP contribution in [0.5, 0.6) is 0 Å². The van der Waals surface area contributed by atoms with Crippen LogP contribution in [0.25, 0.3) is 11.0 Å². The molecule has 0 spiro atoms. The van der Waals surface area contributed by atoms with Gasteiger partial charge in [0.2, 0.25) is 0 Å². The van der Waals surface area contributed by atoms with Crippen LogP contribution in [0.3, 0.4) is 0 Å². The van der Waals surface area contributed by atoms with Crippen molar-refractivity contribution in [2.45, 2.75) is 83.0 Å². The van der Waals surface area contributed by atoms with Gasteiger partial charge in [-0.3, -0.25) is 13.9 Å². The van der Waals surface area contributed by atoms with E-state index in [0.717, 1.165) is 32.1 Å². The van der Waals surface area contributed by atoms with Crippen LogP contribution in [-0.2, 0) is 0 Å². The Hall–Kier alpha value is -2.75. The van der Waals surface area contributed by atoms with Crippen LogP contribution in [0.4, 0.5) is 9.18 Å². The molecule has 1 saturated carbocycles. The molecule has 4 rings (SSSR count). The van der Waals surface area contributed by atoms with Gasteiger partial charge >= 0.3 is 11.8 Å². The first kappa shape index (κ1) is 24.4. The summed E-state index contributed by atoms with van der Waals surface area (Å²) in [7, 11) is 2.03. The Labute approximate surface area is 197 Å². The Balaban J connectivity index is 1.73. The molecule has 0 bridgehead atoms. The number of likely N-dealkylation sites (tertiary alicyclic amines) is 1. The molecule has 1 amide bonds. The number of halogens is 1. The van der Waals surface area contributed by atoms with Gasteiger partial charge in [-0.2, -0.15) is 0 Å². The van der Waals surface area contributed by atoms with Gasteiger partial charge in [0.15, 0.2) is 0 Å². The van der Waals surface area contributed by atoms with Gasteiger partial charge in [-0.25, -0.2) is 19.0 Å². The maximum Gasteiger partial charge on any atom is 0.407 e. The van der Waals surface area contributed by atoms with Crippen LogP contribution < -0.4 is 11.2 Å². The van der Waals surface area contributed by atoms with Gasteiger partial charge in [0.05, 0.1) is 11.6 Å². The standard InChI is InChI=1S/C24H34FN5O4/c1-24(2,3)30(23(33)34)18-7-5-16(6-8-18)29-21(31)19-13-15(25)14-26-20(19)28(22(29)32)17-9-11-27(4)12-10-17/h13-14,16-18H,5-12H2,1-4H3,(H,33,34)/t16-,18+. The lowest BCUT2D eigenvalue weighted by Gasteiger charge is -2.42. The molecule has 2 aromatic heterocycles. The molecule has 1 aliphatic carbocycles. The van der Waals surface area contributed by atoms with Crippen LogP contribution in [0.2, 0.25) is 0 Å². The predicted molar refractivity (Wildman–Crippen MR) is 127 cm³/mol. The molecule has 34 heavy (non-hydrogen) atoms. The minimum absolute atomic E-state index is 0.113. The van der Waals surface area contributed by atoms with Crippen LogP contribution in [0, 0.1) is 5.82 Å². The number of carboxylic acid groups (broad SMARTS) is 1. The number of aromatic nitrogens is 3. The predicted octanol–water partition coefficient (Wildman–Crippen LogP) is 3.23. The molecule has 186 valence electrons. The zero-order valence-corrected chi connectivity index (χ0v) is 20.3. The number of pyridine rings is 1. The van der Waals surface area contributed by atoms with E-state index in [0.29, 0.717) is 25.7 Å². The Morgan fingerprint density at radius 1 is 1.06 bits per heavy atom. The Morgan fingerprint density at radius 3 is 2.21 bits per heavy atom.